The standard InChI is InChI=1S/C7H12O.2CNO/c1-6-2-4-7(8)5-3-6;2*2-1-3/h6H,2-5H2,1H3;;/q;2*-1. The number of hydrogen-bond acceptors (Lipinski definition) is 3. The van der Waals surface area contributed by atoms with Gasteiger partial charge in [0.1, 0.15) is 5.78 Å². The average Bonchev–Trinajstić information content (AvgIpc) is 2.13. The van der Waals surface area contributed by atoms with Crippen LogP contribution in [-0.4, -0.2) is 17.9 Å². The van der Waals surface area contributed by atoms with Crippen LogP contribution in [-0.2, 0) is 14.4 Å². The molecule has 0 bridgehead atoms. The first-order valence-electron chi connectivity index (χ1n) is 4.16. The molecule has 0 atom stereocenters. The first-order valence-corrected chi connectivity index (χ1v) is 4.16. The second kappa shape index (κ2) is 11.4. The van der Waals surface area contributed by atoms with E-state index in [1.54, 1.807) is 0 Å². The van der Waals surface area contributed by atoms with Crippen LogP contribution in [0, 0.1) is 5.92 Å². The molecule has 0 unspecified atom stereocenters. The second-order valence-corrected chi connectivity index (χ2v) is 2.90. The van der Waals surface area contributed by atoms with Crippen LogP contribution in [0.1, 0.15) is 32.6 Å². The zero-order chi connectivity index (χ0) is 11.4. The lowest BCUT2D eigenvalue weighted by Crippen LogP contribution is -2.10. The van der Waals surface area contributed by atoms with Gasteiger partial charge in [0.25, 0.3) is 0 Å². The van der Waals surface area contributed by atoms with Crippen LogP contribution in [0.5, 0.6) is 0 Å². The van der Waals surface area contributed by atoms with Gasteiger partial charge in [-0.2, -0.15) is 0 Å². The van der Waals surface area contributed by atoms with Crippen LogP contribution >= 0.6 is 0 Å². The van der Waals surface area contributed by atoms with Crippen molar-refractivity contribution in [3.8, 4) is 0 Å². The molecular weight excluding hydrogens is 184 g/mol. The quantitative estimate of drug-likeness (QED) is 0.434. The smallest absolute Gasteiger partial charge is 0.132 e. The minimum atomic E-state index is 0.461. The fraction of sp³-hybridized carbons (Fsp3) is 0.667. The SMILES string of the molecule is CC1CCC(=O)CC1.[N-]=C=O.[N-]=C=O. The maximum absolute atomic E-state index is 10.6. The molecule has 78 valence electrons. The first kappa shape index (κ1) is 14.9. The molecule has 14 heavy (non-hydrogen) atoms. The number of carbonyl (C=O) groups excluding carboxylic acids is 3. The van der Waals surface area contributed by atoms with E-state index in [2.05, 4.69) is 6.92 Å². The zero-order valence-electron chi connectivity index (χ0n) is 8.02. The summed E-state index contributed by atoms with van der Waals surface area (Å²) in [5.41, 5.74) is 0. The summed E-state index contributed by atoms with van der Waals surface area (Å²) in [5, 5.41) is 13.5. The van der Waals surface area contributed by atoms with Crippen molar-refractivity contribution >= 4 is 17.9 Å². The molecule has 0 amide bonds. The molecule has 0 aromatic heterocycles. The Hall–Kier alpha value is -1.57. The van der Waals surface area contributed by atoms with Gasteiger partial charge in [-0.1, -0.05) is 6.92 Å². The molecule has 0 aromatic rings. The van der Waals surface area contributed by atoms with Crippen LogP contribution in [0.2, 0.25) is 0 Å². The summed E-state index contributed by atoms with van der Waals surface area (Å²) in [4.78, 5) is 27.1. The lowest BCUT2D eigenvalue weighted by molar-refractivity contribution is -0.120. The molecule has 0 spiro atoms. The van der Waals surface area contributed by atoms with Crippen molar-refractivity contribution < 1.29 is 14.4 Å². The average molecular weight is 196 g/mol. The molecule has 0 N–H and O–H groups in total. The topological polar surface area (TPSA) is 95.8 Å². The summed E-state index contributed by atoms with van der Waals surface area (Å²) >= 11 is 0. The predicted octanol–water partition coefficient (Wildman–Crippen LogP) is 1.55. The molecule has 1 rings (SSSR count). The molecule has 1 aliphatic carbocycles. The highest BCUT2D eigenvalue weighted by Crippen LogP contribution is 2.19. The highest BCUT2D eigenvalue weighted by Gasteiger charge is 2.13. The monoisotopic (exact) mass is 196 g/mol. The second-order valence-electron chi connectivity index (χ2n) is 2.90. The molecule has 0 heterocycles. The van der Waals surface area contributed by atoms with Gasteiger partial charge in [0.15, 0.2) is 0 Å². The molecule has 0 radical (unpaired) electrons. The van der Waals surface area contributed by atoms with E-state index in [0.29, 0.717) is 17.9 Å². The summed E-state index contributed by atoms with van der Waals surface area (Å²) in [6, 6.07) is 0. The van der Waals surface area contributed by atoms with Crippen molar-refractivity contribution in [1.82, 2.24) is 0 Å². The van der Waals surface area contributed by atoms with Crippen LogP contribution in [0.25, 0.3) is 10.8 Å². The summed E-state index contributed by atoms with van der Waals surface area (Å²) in [6.07, 6.45) is 4.92. The number of carbonyl (C=O) groups is 1. The number of isocyanates is 2. The molecule has 5 nitrogen and oxygen atoms in total. The summed E-state index contributed by atoms with van der Waals surface area (Å²) < 4.78 is 0. The molecular formula is C9H12N2O3-2. The maximum Gasteiger partial charge on any atom is 0.132 e. The Morgan fingerprint density at radius 3 is 1.64 bits per heavy atom. The first-order chi connectivity index (χ1) is 6.62. The van der Waals surface area contributed by atoms with E-state index in [-0.39, 0.29) is 0 Å². The number of Topliss-reactive ketones (excluding diaryl/α,β-unsaturated/α-hetero) is 1. The van der Waals surface area contributed by atoms with Gasteiger partial charge in [-0.3, -0.25) is 14.4 Å². The Balaban J connectivity index is 0. The largest absolute Gasteiger partial charge is 0.724 e. The van der Waals surface area contributed by atoms with E-state index >= 15 is 0 Å². The molecule has 1 fully saturated rings. The summed E-state index contributed by atoms with van der Waals surface area (Å²) in [6.45, 7) is 2.21. The predicted molar refractivity (Wildman–Crippen MR) is 50.7 cm³/mol. The van der Waals surface area contributed by atoms with Crippen LogP contribution in [0.3, 0.4) is 0 Å². The van der Waals surface area contributed by atoms with Gasteiger partial charge in [0.05, 0.1) is 0 Å². The van der Waals surface area contributed by atoms with E-state index in [4.69, 9.17) is 20.4 Å². The highest BCUT2D eigenvalue weighted by atomic mass is 16.1. The van der Waals surface area contributed by atoms with E-state index in [9.17, 15) is 4.79 Å². The minimum Gasteiger partial charge on any atom is -0.724 e. The van der Waals surface area contributed by atoms with Crippen molar-refractivity contribution in [3.63, 3.8) is 0 Å². The van der Waals surface area contributed by atoms with Gasteiger partial charge in [-0.15, -0.1) is 0 Å². The third-order valence-electron chi connectivity index (χ3n) is 1.83. The number of rotatable bonds is 0. The Kier molecular flexibility index (Phi) is 12.2. The number of nitrogens with zero attached hydrogens (tertiary/aromatic N) is 2. The Labute approximate surface area is 82.5 Å². The maximum atomic E-state index is 10.6. The van der Waals surface area contributed by atoms with E-state index in [1.165, 1.54) is 0 Å². The minimum absolute atomic E-state index is 0.461. The normalized spacial score (nSPS) is 14.8. The molecule has 0 saturated heterocycles. The van der Waals surface area contributed by atoms with Crippen molar-refractivity contribution in [2.45, 2.75) is 32.6 Å². The fourth-order valence-electron chi connectivity index (χ4n) is 1.08. The van der Waals surface area contributed by atoms with Crippen molar-refractivity contribution in [1.29, 1.82) is 0 Å². The van der Waals surface area contributed by atoms with Crippen molar-refractivity contribution in [3.05, 3.63) is 10.8 Å². The van der Waals surface area contributed by atoms with Gasteiger partial charge in [0.2, 0.25) is 0 Å². The molecule has 0 aliphatic heterocycles. The third-order valence-corrected chi connectivity index (χ3v) is 1.83. The zero-order valence-corrected chi connectivity index (χ0v) is 8.02. The molecule has 1 aliphatic rings. The van der Waals surface area contributed by atoms with Gasteiger partial charge in [0, 0.05) is 12.8 Å². The lowest BCUT2D eigenvalue weighted by atomic mass is 9.90. The van der Waals surface area contributed by atoms with Crippen LogP contribution in [0.15, 0.2) is 0 Å². The molecule has 5 heteroatoms. The number of ketones is 1. The van der Waals surface area contributed by atoms with Gasteiger partial charge in [-0.25, -0.2) is 0 Å². The van der Waals surface area contributed by atoms with Crippen LogP contribution in [0.4, 0.5) is 0 Å². The lowest BCUT2D eigenvalue weighted by Gasteiger charge is -2.14. The van der Waals surface area contributed by atoms with Gasteiger partial charge < -0.3 is 10.8 Å². The van der Waals surface area contributed by atoms with Gasteiger partial charge >= 0.3 is 0 Å². The third kappa shape index (κ3) is 13.1. The van der Waals surface area contributed by atoms with Crippen molar-refractivity contribution in [2.75, 3.05) is 0 Å². The fourth-order valence-corrected chi connectivity index (χ4v) is 1.08. The van der Waals surface area contributed by atoms with Gasteiger partial charge in [-0.05, 0) is 30.9 Å². The Morgan fingerprint density at radius 1 is 1.14 bits per heavy atom. The summed E-state index contributed by atoms with van der Waals surface area (Å²) in [7, 11) is 0. The Morgan fingerprint density at radius 2 is 1.43 bits per heavy atom. The number of hydrogen-bond donors (Lipinski definition) is 0. The van der Waals surface area contributed by atoms with Crippen molar-refractivity contribution in [2.24, 2.45) is 5.92 Å². The molecule has 1 saturated carbocycles. The van der Waals surface area contributed by atoms with Crippen LogP contribution < -0.4 is 0 Å². The molecule has 0 aromatic carbocycles. The van der Waals surface area contributed by atoms with E-state index in [1.807, 2.05) is 0 Å². The summed E-state index contributed by atoms with van der Waals surface area (Å²) in [5.74, 6) is 1.26. The Bertz CT molecular complexity index is 204. The van der Waals surface area contributed by atoms with E-state index in [0.717, 1.165) is 31.6 Å². The highest BCUT2D eigenvalue weighted by molar-refractivity contribution is 5.78. The van der Waals surface area contributed by atoms with E-state index < -0.39 is 0 Å².